The molecule has 1 saturated heterocycles. The van der Waals surface area contributed by atoms with Crippen molar-refractivity contribution in [3.05, 3.63) is 51.9 Å². The maximum Gasteiger partial charge on any atom is 0.326 e. The van der Waals surface area contributed by atoms with Crippen LogP contribution in [0.4, 0.5) is 0 Å². The van der Waals surface area contributed by atoms with Gasteiger partial charge in [0.25, 0.3) is 5.56 Å². The molecule has 3 atom stereocenters. The summed E-state index contributed by atoms with van der Waals surface area (Å²) in [5.41, 5.74) is 4.15. The van der Waals surface area contributed by atoms with Gasteiger partial charge in [-0.15, -0.1) is 12.4 Å². The van der Waals surface area contributed by atoms with Gasteiger partial charge in [-0.05, 0) is 75.6 Å². The number of pyridine rings is 1. The van der Waals surface area contributed by atoms with Crippen LogP contribution in [0.3, 0.4) is 0 Å². The third-order valence-electron chi connectivity index (χ3n) is 8.44. The summed E-state index contributed by atoms with van der Waals surface area (Å²) in [7, 11) is 1.75. The average molecular weight is 600 g/mol. The van der Waals surface area contributed by atoms with Crippen LogP contribution in [-0.4, -0.2) is 67.3 Å². The number of esters is 1. The van der Waals surface area contributed by atoms with Crippen molar-refractivity contribution < 1.29 is 19.4 Å². The van der Waals surface area contributed by atoms with Gasteiger partial charge < -0.3 is 23.9 Å². The van der Waals surface area contributed by atoms with Crippen LogP contribution in [-0.2, 0) is 34.5 Å². The van der Waals surface area contributed by atoms with Crippen LogP contribution in [0, 0.1) is 12.8 Å². The molecule has 2 aromatic heterocycles. The second-order valence-electron chi connectivity index (χ2n) is 11.8. The van der Waals surface area contributed by atoms with Gasteiger partial charge in [0.1, 0.15) is 18.0 Å². The van der Waals surface area contributed by atoms with Crippen LogP contribution in [0.1, 0.15) is 57.1 Å². The van der Waals surface area contributed by atoms with Gasteiger partial charge in [-0.25, -0.2) is 4.98 Å². The number of imidazole rings is 1. The molecule has 1 aliphatic carbocycles. The van der Waals surface area contributed by atoms with E-state index in [1.54, 1.807) is 25.5 Å². The van der Waals surface area contributed by atoms with Crippen LogP contribution < -0.4 is 10.9 Å². The van der Waals surface area contributed by atoms with E-state index in [0.29, 0.717) is 25.2 Å². The van der Waals surface area contributed by atoms with Gasteiger partial charge in [-0.3, -0.25) is 19.7 Å². The first-order chi connectivity index (χ1) is 19.6. The van der Waals surface area contributed by atoms with Gasteiger partial charge in [-0.2, -0.15) is 0 Å². The van der Waals surface area contributed by atoms with Gasteiger partial charge >= 0.3 is 5.97 Å². The fourth-order valence-electron chi connectivity index (χ4n) is 5.85. The third kappa shape index (κ3) is 6.88. The Kier molecular flexibility index (Phi) is 10.1. The first-order valence-electron chi connectivity index (χ1n) is 14.6. The van der Waals surface area contributed by atoms with Crippen LogP contribution in [0.5, 0.6) is 0 Å². The highest BCUT2D eigenvalue weighted by Gasteiger charge is 2.30. The number of likely N-dealkylation sites (tertiary alicyclic amines) is 1. The monoisotopic (exact) mass is 599 g/mol. The fraction of sp³-hybridized carbons (Fsp3) is 0.548. The number of hydrogen-bond acceptors (Lipinski definition) is 7. The summed E-state index contributed by atoms with van der Waals surface area (Å²) in [6.07, 6.45) is 5.69. The highest BCUT2D eigenvalue weighted by molar-refractivity contribution is 5.85. The van der Waals surface area contributed by atoms with E-state index >= 15 is 0 Å². The Bertz CT molecular complexity index is 1470. The molecule has 1 saturated carbocycles. The topological polar surface area (TPSA) is 119 Å². The van der Waals surface area contributed by atoms with Crippen molar-refractivity contribution in [3.63, 3.8) is 0 Å². The lowest BCUT2D eigenvalue weighted by atomic mass is 9.96. The van der Waals surface area contributed by atoms with E-state index in [-0.39, 0.29) is 35.9 Å². The summed E-state index contributed by atoms with van der Waals surface area (Å²) in [4.78, 5) is 44.1. The predicted molar refractivity (Wildman–Crippen MR) is 163 cm³/mol. The number of nitrogens with zero attached hydrogens (tertiary/aromatic N) is 4. The van der Waals surface area contributed by atoms with Crippen molar-refractivity contribution in [1.29, 1.82) is 0 Å². The lowest BCUT2D eigenvalue weighted by molar-refractivity contribution is -0.158. The molecule has 3 heterocycles. The minimum absolute atomic E-state index is 0. The number of aryl methyl sites for hydroxylation is 2. The first kappa shape index (κ1) is 31.7. The quantitative estimate of drug-likeness (QED) is 0.362. The van der Waals surface area contributed by atoms with Gasteiger partial charge in [0.2, 0.25) is 5.91 Å². The van der Waals surface area contributed by atoms with E-state index in [2.05, 4.69) is 9.88 Å². The molecule has 0 radical (unpaired) electrons. The highest BCUT2D eigenvalue weighted by Crippen LogP contribution is 2.29. The number of ether oxygens (including phenoxy) is 1. The van der Waals surface area contributed by atoms with E-state index in [0.717, 1.165) is 66.6 Å². The van der Waals surface area contributed by atoms with E-state index in [4.69, 9.17) is 9.72 Å². The SMILES string of the molecule is CC(=O)N1CCC[C@@H](Cn2c(-c3cc(C)c(=O)n(C)c3)nc3cc(CN[C@H](C(=O)OC4CCC4)[C@@H](C)O)ccc32)C1.Cl. The summed E-state index contributed by atoms with van der Waals surface area (Å²) < 4.78 is 9.32. The standard InChI is InChI=1S/C31H41N5O5.ClH/c1-19-13-24(18-34(4)30(19)39)29-33-26-14-22(15-32-28(20(2)37)31(40)41-25-8-5-9-25)10-11-27(26)36(29)17-23-7-6-12-35(16-23)21(3)38;/h10-11,13-14,18,20,23,25,28,32,37H,5-9,12,15-17H2,1-4H3;1H/t20-,23-,28+;/m1./s1. The molecule has 11 heteroatoms. The molecule has 1 aromatic carbocycles. The van der Waals surface area contributed by atoms with Gasteiger partial charge in [0.05, 0.1) is 17.1 Å². The molecule has 5 rings (SSSR count). The lowest BCUT2D eigenvalue weighted by Crippen LogP contribution is -2.47. The molecule has 0 bridgehead atoms. The molecule has 1 amide bonds. The largest absolute Gasteiger partial charge is 0.461 e. The summed E-state index contributed by atoms with van der Waals surface area (Å²) in [6, 6.07) is 7.10. The molecular formula is C31H42ClN5O5. The smallest absolute Gasteiger partial charge is 0.326 e. The molecule has 2 aliphatic rings. The summed E-state index contributed by atoms with van der Waals surface area (Å²) in [5, 5.41) is 13.4. The van der Waals surface area contributed by atoms with Gasteiger partial charge in [0.15, 0.2) is 0 Å². The summed E-state index contributed by atoms with van der Waals surface area (Å²) >= 11 is 0. The van der Waals surface area contributed by atoms with Crippen LogP contribution in [0.15, 0.2) is 35.3 Å². The molecule has 1 aliphatic heterocycles. The minimum atomic E-state index is -0.893. The second kappa shape index (κ2) is 13.4. The minimum Gasteiger partial charge on any atom is -0.461 e. The van der Waals surface area contributed by atoms with Crippen molar-refractivity contribution >= 4 is 35.3 Å². The molecule has 2 N–H and O–H groups in total. The van der Waals surface area contributed by atoms with E-state index in [1.807, 2.05) is 42.3 Å². The molecule has 228 valence electrons. The molecule has 10 nitrogen and oxygen atoms in total. The maximum absolute atomic E-state index is 12.7. The van der Waals surface area contributed by atoms with Gasteiger partial charge in [-0.1, -0.05) is 6.07 Å². The number of aliphatic hydroxyl groups excluding tert-OH is 1. The predicted octanol–water partition coefficient (Wildman–Crippen LogP) is 3.33. The number of benzene rings is 1. The molecular weight excluding hydrogens is 558 g/mol. The van der Waals surface area contributed by atoms with Crippen molar-refractivity contribution in [2.24, 2.45) is 13.0 Å². The normalized spacial score (nSPS) is 18.7. The number of aromatic nitrogens is 3. The van der Waals surface area contributed by atoms with Crippen molar-refractivity contribution in [2.75, 3.05) is 13.1 Å². The zero-order valence-electron chi connectivity index (χ0n) is 24.8. The zero-order valence-corrected chi connectivity index (χ0v) is 25.7. The number of carbonyl (C=O) groups is 2. The van der Waals surface area contributed by atoms with E-state index in [9.17, 15) is 19.5 Å². The number of halogens is 1. The number of fused-ring (bicyclic) bond motifs is 1. The Hall–Kier alpha value is -3.21. The Labute approximate surface area is 252 Å². The van der Waals surface area contributed by atoms with E-state index in [1.165, 1.54) is 0 Å². The number of aliphatic hydroxyl groups is 1. The summed E-state index contributed by atoms with van der Waals surface area (Å²) in [5.74, 6) is 0.736. The first-order valence-corrected chi connectivity index (χ1v) is 14.6. The third-order valence-corrected chi connectivity index (χ3v) is 8.44. The highest BCUT2D eigenvalue weighted by atomic mass is 35.5. The van der Waals surface area contributed by atoms with Crippen LogP contribution >= 0.6 is 12.4 Å². The molecule has 42 heavy (non-hydrogen) atoms. The Morgan fingerprint density at radius 3 is 2.60 bits per heavy atom. The number of carbonyl (C=O) groups excluding carboxylic acids is 2. The number of rotatable bonds is 9. The van der Waals surface area contributed by atoms with Gasteiger partial charge in [0, 0.05) is 57.5 Å². The Morgan fingerprint density at radius 2 is 1.95 bits per heavy atom. The number of piperidine rings is 1. The molecule has 2 fully saturated rings. The average Bonchev–Trinajstić information content (AvgIpc) is 3.26. The number of nitrogens with one attached hydrogen (secondary N) is 1. The molecule has 0 spiro atoms. The molecule has 0 unspecified atom stereocenters. The fourth-order valence-corrected chi connectivity index (χ4v) is 5.85. The number of amides is 1. The van der Waals surface area contributed by atoms with E-state index < -0.39 is 18.1 Å². The zero-order chi connectivity index (χ0) is 29.3. The molecule has 3 aromatic rings. The lowest BCUT2D eigenvalue weighted by Gasteiger charge is -2.32. The van der Waals surface area contributed by atoms with Crippen LogP contribution in [0.2, 0.25) is 0 Å². The van der Waals surface area contributed by atoms with Crippen molar-refractivity contribution in [2.45, 2.75) is 84.2 Å². The maximum atomic E-state index is 12.7. The van der Waals surface area contributed by atoms with Crippen molar-refractivity contribution in [1.82, 2.24) is 24.3 Å². The number of hydrogen-bond donors (Lipinski definition) is 2. The Morgan fingerprint density at radius 1 is 1.19 bits per heavy atom. The van der Waals surface area contributed by atoms with Crippen LogP contribution in [0.25, 0.3) is 22.4 Å². The second-order valence-corrected chi connectivity index (χ2v) is 11.8. The van der Waals surface area contributed by atoms with Crippen molar-refractivity contribution in [3.8, 4) is 11.4 Å². The summed E-state index contributed by atoms with van der Waals surface area (Å²) in [6.45, 7) is 7.59. The Balaban J connectivity index is 0.00000405.